The molecule has 0 bridgehead atoms. The van der Waals surface area contributed by atoms with Gasteiger partial charge in [-0.15, -0.1) is 0 Å². The minimum Gasteiger partial charge on any atom is -0.543 e. The maximum Gasteiger partial charge on any atom is 0.271 e. The van der Waals surface area contributed by atoms with Crippen molar-refractivity contribution < 1.29 is 9.35 Å². The predicted molar refractivity (Wildman–Crippen MR) is 61.8 cm³/mol. The number of hydrogen-bond donors (Lipinski definition) is 0. The van der Waals surface area contributed by atoms with Crippen molar-refractivity contribution in [2.45, 2.75) is 19.6 Å². The van der Waals surface area contributed by atoms with Crippen molar-refractivity contribution in [2.24, 2.45) is 0 Å². The Bertz CT molecular complexity index is 460. The predicted octanol–water partition coefficient (Wildman–Crippen LogP) is 2.68. The Labute approximate surface area is 94.6 Å². The van der Waals surface area contributed by atoms with Crippen LogP contribution in [0, 0.1) is 21.4 Å². The maximum absolute atomic E-state index is 10.5. The summed E-state index contributed by atoms with van der Waals surface area (Å²) in [6.07, 6.45) is 0. The standard InChI is InChI=1S/C10H12N2O3Si/c1-16(2,3)15-10-5-4-9(12(13)14)6-8(10)7-11/h4-6H,1-3H3. The molecule has 0 saturated carbocycles. The van der Waals surface area contributed by atoms with Gasteiger partial charge in [-0.3, -0.25) is 10.1 Å². The van der Waals surface area contributed by atoms with E-state index in [1.165, 1.54) is 18.2 Å². The Balaban J connectivity index is 3.14. The van der Waals surface area contributed by atoms with Crippen LogP contribution in [0.15, 0.2) is 18.2 Å². The average molecular weight is 236 g/mol. The molecule has 6 heteroatoms. The van der Waals surface area contributed by atoms with Crippen LogP contribution in [0.2, 0.25) is 19.6 Å². The summed E-state index contributed by atoms with van der Waals surface area (Å²) in [5.74, 6) is 0.423. The first kappa shape index (κ1) is 12.2. The highest BCUT2D eigenvalue weighted by Gasteiger charge is 2.19. The van der Waals surface area contributed by atoms with E-state index in [-0.39, 0.29) is 11.3 Å². The summed E-state index contributed by atoms with van der Waals surface area (Å²) in [7, 11) is -1.81. The van der Waals surface area contributed by atoms with E-state index in [1.807, 2.05) is 25.7 Å². The first-order valence-corrected chi connectivity index (χ1v) is 8.12. The van der Waals surface area contributed by atoms with Gasteiger partial charge in [0.05, 0.1) is 10.5 Å². The van der Waals surface area contributed by atoms with Crippen LogP contribution in [0.4, 0.5) is 5.69 Å². The highest BCUT2D eigenvalue weighted by molar-refractivity contribution is 6.70. The molecule has 0 heterocycles. The SMILES string of the molecule is C[Si](C)(C)Oc1ccc([N+](=O)[O-])cc1C#N. The van der Waals surface area contributed by atoms with E-state index >= 15 is 0 Å². The molecule has 16 heavy (non-hydrogen) atoms. The largest absolute Gasteiger partial charge is 0.543 e. The topological polar surface area (TPSA) is 76.2 Å². The minimum atomic E-state index is -1.81. The number of nitrogens with zero attached hydrogens (tertiary/aromatic N) is 2. The summed E-state index contributed by atoms with van der Waals surface area (Å²) in [5, 5.41) is 19.4. The van der Waals surface area contributed by atoms with Gasteiger partial charge < -0.3 is 4.43 Å². The van der Waals surface area contributed by atoms with Gasteiger partial charge in [-0.1, -0.05) is 0 Å². The third-order valence-corrected chi connectivity index (χ3v) is 2.54. The molecule has 0 aliphatic carbocycles. The van der Waals surface area contributed by atoms with E-state index in [0.29, 0.717) is 5.75 Å². The number of nitriles is 1. The molecule has 0 amide bonds. The molecule has 0 saturated heterocycles. The third-order valence-electron chi connectivity index (χ3n) is 1.71. The van der Waals surface area contributed by atoms with Gasteiger partial charge in [0, 0.05) is 12.1 Å². The zero-order chi connectivity index (χ0) is 12.3. The van der Waals surface area contributed by atoms with Crippen LogP contribution < -0.4 is 4.43 Å². The van der Waals surface area contributed by atoms with Gasteiger partial charge in [0.2, 0.25) is 8.32 Å². The van der Waals surface area contributed by atoms with E-state index in [0.717, 1.165) is 0 Å². The van der Waals surface area contributed by atoms with Gasteiger partial charge in [0.1, 0.15) is 11.8 Å². The molecule has 0 spiro atoms. The number of rotatable bonds is 3. The Morgan fingerprint density at radius 2 is 2.06 bits per heavy atom. The molecular formula is C10H12N2O3Si. The molecule has 1 aromatic rings. The zero-order valence-corrected chi connectivity index (χ0v) is 10.4. The van der Waals surface area contributed by atoms with Gasteiger partial charge >= 0.3 is 0 Å². The lowest BCUT2D eigenvalue weighted by atomic mass is 10.2. The number of nitro benzene ring substituents is 1. The lowest BCUT2D eigenvalue weighted by Gasteiger charge is -2.19. The van der Waals surface area contributed by atoms with Crippen LogP contribution in [0.3, 0.4) is 0 Å². The molecule has 1 aromatic carbocycles. The molecular weight excluding hydrogens is 224 g/mol. The number of benzene rings is 1. The molecule has 0 fully saturated rings. The van der Waals surface area contributed by atoms with E-state index < -0.39 is 13.2 Å². The summed E-state index contributed by atoms with van der Waals surface area (Å²) in [5.41, 5.74) is 0.108. The fourth-order valence-corrected chi connectivity index (χ4v) is 1.98. The number of non-ortho nitro benzene ring substituents is 1. The Kier molecular flexibility index (Phi) is 3.30. The van der Waals surface area contributed by atoms with Gasteiger partial charge in [-0.2, -0.15) is 5.26 Å². The number of hydrogen-bond acceptors (Lipinski definition) is 4. The van der Waals surface area contributed by atoms with E-state index in [4.69, 9.17) is 9.69 Å². The lowest BCUT2D eigenvalue weighted by molar-refractivity contribution is -0.384. The minimum absolute atomic E-state index is 0.0977. The number of nitro groups is 1. The second-order valence-electron chi connectivity index (χ2n) is 4.26. The molecule has 84 valence electrons. The quantitative estimate of drug-likeness (QED) is 0.459. The van der Waals surface area contributed by atoms with E-state index in [2.05, 4.69) is 0 Å². The second-order valence-corrected chi connectivity index (χ2v) is 8.69. The molecule has 0 aliphatic heterocycles. The van der Waals surface area contributed by atoms with E-state index in [9.17, 15) is 10.1 Å². The van der Waals surface area contributed by atoms with Crippen molar-refractivity contribution in [3.63, 3.8) is 0 Å². The van der Waals surface area contributed by atoms with Crippen LogP contribution in [-0.4, -0.2) is 13.2 Å². The molecule has 0 N–H and O–H groups in total. The summed E-state index contributed by atoms with van der Waals surface area (Å²) in [6.45, 7) is 5.95. The molecule has 0 aliphatic rings. The van der Waals surface area contributed by atoms with Crippen molar-refractivity contribution in [1.29, 1.82) is 5.26 Å². The molecule has 1 rings (SSSR count). The van der Waals surface area contributed by atoms with Gasteiger partial charge in [-0.25, -0.2) is 0 Å². The summed E-state index contributed by atoms with van der Waals surface area (Å²) in [4.78, 5) is 10.0. The Morgan fingerprint density at radius 3 is 2.50 bits per heavy atom. The molecule has 0 aromatic heterocycles. The van der Waals surface area contributed by atoms with Gasteiger partial charge in [-0.05, 0) is 25.7 Å². The van der Waals surface area contributed by atoms with Gasteiger partial charge in [0.25, 0.3) is 5.69 Å². The second kappa shape index (κ2) is 4.33. The lowest BCUT2D eigenvalue weighted by Crippen LogP contribution is -2.29. The van der Waals surface area contributed by atoms with Crippen LogP contribution in [0.5, 0.6) is 5.75 Å². The van der Waals surface area contributed by atoms with Crippen LogP contribution in [-0.2, 0) is 0 Å². The normalized spacial score (nSPS) is 10.6. The zero-order valence-electron chi connectivity index (χ0n) is 9.35. The molecule has 0 atom stereocenters. The summed E-state index contributed by atoms with van der Waals surface area (Å²) < 4.78 is 5.65. The maximum atomic E-state index is 10.5. The molecule has 0 unspecified atom stereocenters. The Hall–Kier alpha value is -1.87. The highest BCUT2D eigenvalue weighted by Crippen LogP contribution is 2.25. The van der Waals surface area contributed by atoms with Crippen molar-refractivity contribution in [2.75, 3.05) is 0 Å². The first-order chi connectivity index (χ1) is 7.33. The van der Waals surface area contributed by atoms with Crippen molar-refractivity contribution >= 4 is 14.0 Å². The molecule has 5 nitrogen and oxygen atoms in total. The summed E-state index contributed by atoms with van der Waals surface area (Å²) >= 11 is 0. The average Bonchev–Trinajstić information content (AvgIpc) is 2.15. The smallest absolute Gasteiger partial charge is 0.271 e. The van der Waals surface area contributed by atoms with Crippen molar-refractivity contribution in [3.8, 4) is 11.8 Å². The van der Waals surface area contributed by atoms with Crippen LogP contribution >= 0.6 is 0 Å². The van der Waals surface area contributed by atoms with Crippen LogP contribution in [0.25, 0.3) is 0 Å². The first-order valence-electron chi connectivity index (χ1n) is 4.71. The molecule has 0 radical (unpaired) electrons. The third kappa shape index (κ3) is 3.07. The van der Waals surface area contributed by atoms with Crippen molar-refractivity contribution in [3.05, 3.63) is 33.9 Å². The fraction of sp³-hybridized carbons (Fsp3) is 0.300. The van der Waals surface area contributed by atoms with Crippen LogP contribution in [0.1, 0.15) is 5.56 Å². The fourth-order valence-electron chi connectivity index (χ4n) is 1.14. The Morgan fingerprint density at radius 1 is 1.44 bits per heavy atom. The monoisotopic (exact) mass is 236 g/mol. The summed E-state index contributed by atoms with van der Waals surface area (Å²) in [6, 6.07) is 5.96. The van der Waals surface area contributed by atoms with Crippen molar-refractivity contribution in [1.82, 2.24) is 0 Å². The van der Waals surface area contributed by atoms with E-state index in [1.54, 1.807) is 0 Å². The highest BCUT2D eigenvalue weighted by atomic mass is 28.4. The van der Waals surface area contributed by atoms with Gasteiger partial charge in [0.15, 0.2) is 0 Å².